The van der Waals surface area contributed by atoms with Gasteiger partial charge in [-0.3, -0.25) is 0 Å². The van der Waals surface area contributed by atoms with Crippen LogP contribution in [0.1, 0.15) is 39.0 Å². The molecule has 0 saturated carbocycles. The lowest BCUT2D eigenvalue weighted by Crippen LogP contribution is -2.36. The van der Waals surface area contributed by atoms with Crippen molar-refractivity contribution in [3.05, 3.63) is 12.2 Å². The van der Waals surface area contributed by atoms with Gasteiger partial charge >= 0.3 is 0 Å². The van der Waals surface area contributed by atoms with E-state index in [9.17, 15) is 0 Å². The average Bonchev–Trinajstić information content (AvgIpc) is 2.71. The lowest BCUT2D eigenvalue weighted by molar-refractivity contribution is 0.0608. The first kappa shape index (κ1) is 11.2. The van der Waals surface area contributed by atoms with Gasteiger partial charge in [0.1, 0.15) is 0 Å². The Kier molecular flexibility index (Phi) is 4.21. The van der Waals surface area contributed by atoms with Gasteiger partial charge in [0.25, 0.3) is 0 Å². The van der Waals surface area contributed by atoms with Crippen LogP contribution in [0, 0.1) is 5.92 Å². The van der Waals surface area contributed by atoms with Crippen LogP contribution in [0.25, 0.3) is 0 Å². The molecule has 15 heavy (non-hydrogen) atoms. The van der Waals surface area contributed by atoms with Crippen molar-refractivity contribution in [2.75, 3.05) is 13.2 Å². The fourth-order valence-corrected chi connectivity index (χ4v) is 2.71. The van der Waals surface area contributed by atoms with Crippen LogP contribution in [-0.4, -0.2) is 25.3 Å². The molecule has 2 nitrogen and oxygen atoms in total. The maximum absolute atomic E-state index is 5.38. The molecule has 86 valence electrons. The van der Waals surface area contributed by atoms with E-state index < -0.39 is 0 Å². The molecule has 0 aromatic heterocycles. The van der Waals surface area contributed by atoms with Crippen LogP contribution in [0.3, 0.4) is 0 Å². The third kappa shape index (κ3) is 3.62. The lowest BCUT2D eigenvalue weighted by atomic mass is 9.93. The van der Waals surface area contributed by atoms with Gasteiger partial charge in [0.05, 0.1) is 0 Å². The van der Waals surface area contributed by atoms with Crippen LogP contribution in [0.4, 0.5) is 0 Å². The largest absolute Gasteiger partial charge is 0.381 e. The molecule has 0 bridgehead atoms. The zero-order valence-corrected chi connectivity index (χ0v) is 9.74. The normalized spacial score (nSPS) is 25.9. The third-order valence-corrected chi connectivity index (χ3v) is 3.56. The SMILES string of the molecule is CC(CC1CCOCC1)NC1CC=CC1. The van der Waals surface area contributed by atoms with E-state index in [0.29, 0.717) is 12.1 Å². The van der Waals surface area contributed by atoms with Crippen molar-refractivity contribution in [3.8, 4) is 0 Å². The van der Waals surface area contributed by atoms with Crippen LogP contribution < -0.4 is 5.32 Å². The Morgan fingerprint density at radius 3 is 2.60 bits per heavy atom. The molecule has 1 N–H and O–H groups in total. The quantitative estimate of drug-likeness (QED) is 0.718. The Bertz CT molecular complexity index is 201. The predicted molar refractivity (Wildman–Crippen MR) is 62.9 cm³/mol. The number of nitrogens with one attached hydrogen (secondary N) is 1. The smallest absolute Gasteiger partial charge is 0.0468 e. The van der Waals surface area contributed by atoms with Gasteiger partial charge in [0, 0.05) is 25.3 Å². The van der Waals surface area contributed by atoms with Crippen LogP contribution in [-0.2, 0) is 4.74 Å². The molecule has 1 atom stereocenters. The van der Waals surface area contributed by atoms with Gasteiger partial charge in [-0.25, -0.2) is 0 Å². The minimum Gasteiger partial charge on any atom is -0.381 e. The number of ether oxygens (including phenoxy) is 1. The van der Waals surface area contributed by atoms with Gasteiger partial charge in [-0.2, -0.15) is 0 Å². The Hall–Kier alpha value is -0.340. The molecule has 1 aliphatic carbocycles. The predicted octanol–water partition coefficient (Wildman–Crippen LogP) is 2.50. The Balaban J connectivity index is 1.64. The fraction of sp³-hybridized carbons (Fsp3) is 0.846. The highest BCUT2D eigenvalue weighted by Crippen LogP contribution is 2.21. The zero-order valence-electron chi connectivity index (χ0n) is 9.74. The van der Waals surface area contributed by atoms with Crippen LogP contribution >= 0.6 is 0 Å². The van der Waals surface area contributed by atoms with Crippen LogP contribution in [0.5, 0.6) is 0 Å². The molecule has 0 spiro atoms. The average molecular weight is 209 g/mol. The first-order chi connectivity index (χ1) is 7.34. The molecule has 1 fully saturated rings. The highest BCUT2D eigenvalue weighted by molar-refractivity contribution is 4.98. The highest BCUT2D eigenvalue weighted by atomic mass is 16.5. The standard InChI is InChI=1S/C13H23NO/c1-11(14-13-4-2-3-5-13)10-12-6-8-15-9-7-12/h2-3,11-14H,4-10H2,1H3. The summed E-state index contributed by atoms with van der Waals surface area (Å²) in [5, 5.41) is 3.72. The summed E-state index contributed by atoms with van der Waals surface area (Å²) in [6.07, 6.45) is 10.9. The van der Waals surface area contributed by atoms with Crippen molar-refractivity contribution in [1.29, 1.82) is 0 Å². The molecule has 0 aromatic carbocycles. The number of hydrogen-bond acceptors (Lipinski definition) is 2. The van der Waals surface area contributed by atoms with Gasteiger partial charge in [0.15, 0.2) is 0 Å². The monoisotopic (exact) mass is 209 g/mol. The van der Waals surface area contributed by atoms with Gasteiger partial charge < -0.3 is 10.1 Å². The second-order valence-corrected chi connectivity index (χ2v) is 5.00. The maximum atomic E-state index is 5.38. The summed E-state index contributed by atoms with van der Waals surface area (Å²) in [6, 6.07) is 1.37. The van der Waals surface area contributed by atoms with Crippen LogP contribution in [0.2, 0.25) is 0 Å². The Morgan fingerprint density at radius 2 is 1.93 bits per heavy atom. The molecule has 0 radical (unpaired) electrons. The van der Waals surface area contributed by atoms with E-state index >= 15 is 0 Å². The first-order valence-corrected chi connectivity index (χ1v) is 6.33. The molecule has 2 rings (SSSR count). The topological polar surface area (TPSA) is 21.3 Å². The van der Waals surface area contributed by atoms with E-state index in [2.05, 4.69) is 24.4 Å². The van der Waals surface area contributed by atoms with Gasteiger partial charge in [-0.15, -0.1) is 0 Å². The molecule has 1 unspecified atom stereocenters. The molecule has 0 aromatic rings. The first-order valence-electron chi connectivity index (χ1n) is 6.33. The third-order valence-electron chi connectivity index (χ3n) is 3.56. The molecule has 2 heteroatoms. The van der Waals surface area contributed by atoms with E-state index in [1.165, 1.54) is 32.1 Å². The molecule has 1 heterocycles. The molecular weight excluding hydrogens is 186 g/mol. The van der Waals surface area contributed by atoms with E-state index in [1.807, 2.05) is 0 Å². The van der Waals surface area contributed by atoms with E-state index in [-0.39, 0.29) is 0 Å². The van der Waals surface area contributed by atoms with E-state index in [1.54, 1.807) is 0 Å². The zero-order chi connectivity index (χ0) is 10.5. The number of hydrogen-bond donors (Lipinski definition) is 1. The van der Waals surface area contributed by atoms with Crippen molar-refractivity contribution < 1.29 is 4.74 Å². The van der Waals surface area contributed by atoms with Gasteiger partial charge in [0.2, 0.25) is 0 Å². The summed E-state index contributed by atoms with van der Waals surface area (Å²) >= 11 is 0. The summed E-state index contributed by atoms with van der Waals surface area (Å²) in [4.78, 5) is 0. The van der Waals surface area contributed by atoms with Crippen molar-refractivity contribution in [2.24, 2.45) is 5.92 Å². The van der Waals surface area contributed by atoms with E-state index in [4.69, 9.17) is 4.74 Å². The van der Waals surface area contributed by atoms with Crippen LogP contribution in [0.15, 0.2) is 12.2 Å². The summed E-state index contributed by atoms with van der Waals surface area (Å²) in [6.45, 7) is 4.28. The highest BCUT2D eigenvalue weighted by Gasteiger charge is 2.19. The molecule has 1 saturated heterocycles. The number of rotatable bonds is 4. The van der Waals surface area contributed by atoms with Crippen molar-refractivity contribution in [3.63, 3.8) is 0 Å². The molecule has 0 amide bonds. The maximum Gasteiger partial charge on any atom is 0.0468 e. The molecular formula is C13H23NO. The van der Waals surface area contributed by atoms with E-state index in [0.717, 1.165) is 19.1 Å². The minimum atomic E-state index is 0.665. The van der Waals surface area contributed by atoms with Crippen molar-refractivity contribution >= 4 is 0 Å². The fourth-order valence-electron chi connectivity index (χ4n) is 2.71. The van der Waals surface area contributed by atoms with Crippen molar-refractivity contribution in [2.45, 2.75) is 51.1 Å². The Labute approximate surface area is 93.1 Å². The van der Waals surface area contributed by atoms with Gasteiger partial charge in [-0.05, 0) is 44.9 Å². The second-order valence-electron chi connectivity index (χ2n) is 5.00. The van der Waals surface area contributed by atoms with Crippen molar-refractivity contribution in [1.82, 2.24) is 5.32 Å². The lowest BCUT2D eigenvalue weighted by Gasteiger charge is -2.27. The molecule has 2 aliphatic rings. The molecule has 1 aliphatic heterocycles. The summed E-state index contributed by atoms with van der Waals surface area (Å²) in [7, 11) is 0. The minimum absolute atomic E-state index is 0.665. The summed E-state index contributed by atoms with van der Waals surface area (Å²) in [5.74, 6) is 0.885. The second kappa shape index (κ2) is 5.66. The Morgan fingerprint density at radius 1 is 1.27 bits per heavy atom. The van der Waals surface area contributed by atoms with Gasteiger partial charge in [-0.1, -0.05) is 12.2 Å². The summed E-state index contributed by atoms with van der Waals surface area (Å²) in [5.41, 5.74) is 0. The summed E-state index contributed by atoms with van der Waals surface area (Å²) < 4.78 is 5.38.